The van der Waals surface area contributed by atoms with E-state index >= 15 is 0 Å². The largest absolute Gasteiger partial charge is 0.485 e. The maximum Gasteiger partial charge on any atom is 0.201 e. The second-order valence-corrected chi connectivity index (χ2v) is 5.35. The predicted molar refractivity (Wildman–Crippen MR) is 85.0 cm³/mol. The van der Waals surface area contributed by atoms with Crippen LogP contribution < -0.4 is 4.74 Å². The molecule has 0 bridgehead atoms. The van der Waals surface area contributed by atoms with Gasteiger partial charge in [-0.15, -0.1) is 0 Å². The average Bonchev–Trinajstić information content (AvgIpc) is 2.52. The van der Waals surface area contributed by atoms with Crippen LogP contribution in [0.4, 0.5) is 0 Å². The van der Waals surface area contributed by atoms with Crippen molar-refractivity contribution in [1.29, 1.82) is 0 Å². The number of hydrogen-bond donors (Lipinski definition) is 0. The topological polar surface area (TPSA) is 43.4 Å². The first-order chi connectivity index (χ1) is 10.1. The summed E-state index contributed by atoms with van der Waals surface area (Å²) >= 11 is 3.34. The third kappa shape index (κ3) is 4.02. The number of carbonyl (C=O) groups excluding carboxylic acids is 2. The van der Waals surface area contributed by atoms with Gasteiger partial charge >= 0.3 is 0 Å². The van der Waals surface area contributed by atoms with E-state index < -0.39 is 0 Å². The molecular weight excluding hydrogens is 332 g/mol. The number of ether oxygens (including phenoxy) is 1. The van der Waals surface area contributed by atoms with Gasteiger partial charge in [-0.2, -0.15) is 0 Å². The summed E-state index contributed by atoms with van der Waals surface area (Å²) < 4.78 is 6.22. The maximum atomic E-state index is 12.1. The van der Waals surface area contributed by atoms with Gasteiger partial charge in [-0.1, -0.05) is 41.1 Å². The lowest BCUT2D eigenvalue weighted by molar-refractivity contribution is 0.0919. The summed E-state index contributed by atoms with van der Waals surface area (Å²) in [5.41, 5.74) is 1.25. The minimum atomic E-state index is -0.101. The second-order valence-electron chi connectivity index (χ2n) is 4.49. The number of Topliss-reactive ketones (excluding diaryl/α,β-unsaturated/α-hetero) is 2. The zero-order valence-electron chi connectivity index (χ0n) is 11.6. The van der Waals surface area contributed by atoms with Crippen molar-refractivity contribution >= 4 is 27.5 Å². The van der Waals surface area contributed by atoms with Gasteiger partial charge < -0.3 is 4.74 Å². The number of carbonyl (C=O) groups is 2. The van der Waals surface area contributed by atoms with Gasteiger partial charge in [0.1, 0.15) is 5.75 Å². The lowest BCUT2D eigenvalue weighted by Crippen LogP contribution is -2.12. The Balaban J connectivity index is 1.99. The van der Waals surface area contributed by atoms with Gasteiger partial charge in [0.05, 0.1) is 0 Å². The molecule has 0 fully saturated rings. The Kier molecular flexibility index (Phi) is 5.28. The van der Waals surface area contributed by atoms with Gasteiger partial charge in [0, 0.05) is 22.0 Å². The van der Waals surface area contributed by atoms with E-state index in [1.165, 1.54) is 0 Å². The molecule has 21 heavy (non-hydrogen) atoms. The van der Waals surface area contributed by atoms with Crippen LogP contribution in [0.15, 0.2) is 53.0 Å². The monoisotopic (exact) mass is 346 g/mol. The van der Waals surface area contributed by atoms with Crippen LogP contribution in [0.2, 0.25) is 0 Å². The fourth-order valence-electron chi connectivity index (χ4n) is 1.86. The predicted octanol–water partition coefficient (Wildman–Crippen LogP) is 4.30. The van der Waals surface area contributed by atoms with Crippen LogP contribution in [0.25, 0.3) is 0 Å². The molecule has 0 saturated carbocycles. The van der Waals surface area contributed by atoms with Crippen molar-refractivity contribution in [1.82, 2.24) is 0 Å². The molecule has 0 amide bonds. The summed E-state index contributed by atoms with van der Waals surface area (Å²) in [6, 6.07) is 14.1. The number of hydrogen-bond acceptors (Lipinski definition) is 3. The van der Waals surface area contributed by atoms with Gasteiger partial charge in [-0.25, -0.2) is 0 Å². The molecule has 0 radical (unpaired) electrons. The molecule has 0 unspecified atom stereocenters. The van der Waals surface area contributed by atoms with E-state index in [0.29, 0.717) is 23.3 Å². The van der Waals surface area contributed by atoms with Crippen molar-refractivity contribution in [3.8, 4) is 5.75 Å². The Bertz CT molecular complexity index is 647. The van der Waals surface area contributed by atoms with Crippen molar-refractivity contribution in [2.75, 3.05) is 6.61 Å². The third-order valence-corrected chi connectivity index (χ3v) is 3.73. The third-order valence-electron chi connectivity index (χ3n) is 3.04. The fourth-order valence-corrected chi connectivity index (χ4v) is 2.36. The van der Waals surface area contributed by atoms with Crippen molar-refractivity contribution in [3.05, 3.63) is 64.1 Å². The van der Waals surface area contributed by atoms with Gasteiger partial charge in [0.15, 0.2) is 12.4 Å². The van der Waals surface area contributed by atoms with Crippen LogP contribution in [0, 0.1) is 0 Å². The van der Waals surface area contributed by atoms with Gasteiger partial charge in [-0.3, -0.25) is 9.59 Å². The number of halogens is 1. The van der Waals surface area contributed by atoms with E-state index in [9.17, 15) is 9.59 Å². The van der Waals surface area contributed by atoms with E-state index in [-0.39, 0.29) is 18.2 Å². The lowest BCUT2D eigenvalue weighted by atomic mass is 10.1. The highest BCUT2D eigenvalue weighted by Crippen LogP contribution is 2.18. The molecule has 108 valence electrons. The summed E-state index contributed by atoms with van der Waals surface area (Å²) in [6.07, 6.45) is 0.473. The Hall–Kier alpha value is -1.94. The van der Waals surface area contributed by atoms with Crippen molar-refractivity contribution in [2.24, 2.45) is 0 Å². The zero-order valence-corrected chi connectivity index (χ0v) is 13.2. The van der Waals surface area contributed by atoms with Gasteiger partial charge in [-0.05, 0) is 30.3 Å². The van der Waals surface area contributed by atoms with Crippen LogP contribution in [0.1, 0.15) is 34.1 Å². The highest BCUT2D eigenvalue weighted by Gasteiger charge is 2.10. The first kappa shape index (κ1) is 15.4. The highest BCUT2D eigenvalue weighted by atomic mass is 79.9. The number of benzene rings is 2. The molecule has 0 atom stereocenters. The molecule has 0 N–H and O–H groups in total. The molecule has 3 nitrogen and oxygen atoms in total. The van der Waals surface area contributed by atoms with E-state index in [4.69, 9.17) is 4.74 Å². The molecule has 2 aromatic rings. The SMILES string of the molecule is CCC(=O)c1ccc(OCC(=O)c2ccccc2Br)cc1. The summed E-state index contributed by atoms with van der Waals surface area (Å²) in [6.45, 7) is 1.78. The lowest BCUT2D eigenvalue weighted by Gasteiger charge is -2.07. The Morgan fingerprint density at radius 1 is 1.00 bits per heavy atom. The number of rotatable bonds is 6. The molecule has 0 heterocycles. The van der Waals surface area contributed by atoms with Crippen LogP contribution in [-0.2, 0) is 0 Å². The summed E-state index contributed by atoms with van der Waals surface area (Å²) in [4.78, 5) is 23.6. The molecule has 2 aromatic carbocycles. The smallest absolute Gasteiger partial charge is 0.201 e. The molecule has 0 spiro atoms. The Morgan fingerprint density at radius 2 is 1.67 bits per heavy atom. The van der Waals surface area contributed by atoms with Crippen LogP contribution >= 0.6 is 15.9 Å². The summed E-state index contributed by atoms with van der Waals surface area (Å²) in [5.74, 6) is 0.560. The van der Waals surface area contributed by atoms with Crippen molar-refractivity contribution < 1.29 is 14.3 Å². The van der Waals surface area contributed by atoms with E-state index in [1.807, 2.05) is 25.1 Å². The van der Waals surface area contributed by atoms with Gasteiger partial charge in [0.2, 0.25) is 5.78 Å². The normalized spacial score (nSPS) is 10.2. The van der Waals surface area contributed by atoms with Crippen LogP contribution in [0.3, 0.4) is 0 Å². The standard InChI is InChI=1S/C17H15BrO3/c1-2-16(19)12-7-9-13(10-8-12)21-11-17(20)14-5-3-4-6-15(14)18/h3-10H,2,11H2,1H3. The summed E-state index contributed by atoms with van der Waals surface area (Å²) in [7, 11) is 0. The zero-order chi connectivity index (χ0) is 15.2. The molecular formula is C17H15BrO3. The Morgan fingerprint density at radius 3 is 2.29 bits per heavy atom. The molecule has 0 aromatic heterocycles. The molecule has 0 aliphatic rings. The quantitative estimate of drug-likeness (QED) is 0.732. The van der Waals surface area contributed by atoms with E-state index in [2.05, 4.69) is 15.9 Å². The Labute approximate surface area is 132 Å². The molecule has 4 heteroatoms. The minimum absolute atomic E-state index is 0.0380. The highest BCUT2D eigenvalue weighted by molar-refractivity contribution is 9.10. The minimum Gasteiger partial charge on any atom is -0.485 e. The van der Waals surface area contributed by atoms with Gasteiger partial charge in [0.25, 0.3) is 0 Å². The first-order valence-electron chi connectivity index (χ1n) is 6.65. The molecule has 0 aliphatic carbocycles. The second kappa shape index (κ2) is 7.18. The first-order valence-corrected chi connectivity index (χ1v) is 7.45. The van der Waals surface area contributed by atoms with Crippen molar-refractivity contribution in [2.45, 2.75) is 13.3 Å². The summed E-state index contributed by atoms with van der Waals surface area (Å²) in [5, 5.41) is 0. The molecule has 0 aliphatic heterocycles. The van der Waals surface area contributed by atoms with Crippen molar-refractivity contribution in [3.63, 3.8) is 0 Å². The average molecular weight is 347 g/mol. The maximum absolute atomic E-state index is 12.1. The van der Waals surface area contributed by atoms with Crippen LogP contribution in [0.5, 0.6) is 5.75 Å². The van der Waals surface area contributed by atoms with E-state index in [1.54, 1.807) is 30.3 Å². The van der Waals surface area contributed by atoms with Crippen LogP contribution in [-0.4, -0.2) is 18.2 Å². The van der Waals surface area contributed by atoms with E-state index in [0.717, 1.165) is 4.47 Å². The molecule has 2 rings (SSSR count). The molecule has 0 saturated heterocycles. The number of ketones is 2. The fraction of sp³-hybridized carbons (Fsp3) is 0.176.